The summed E-state index contributed by atoms with van der Waals surface area (Å²) < 4.78 is 1.94. The van der Waals surface area contributed by atoms with Crippen LogP contribution in [0.3, 0.4) is 0 Å². The van der Waals surface area contributed by atoms with Crippen molar-refractivity contribution in [1.82, 2.24) is 19.7 Å². The molecule has 0 saturated heterocycles. The summed E-state index contributed by atoms with van der Waals surface area (Å²) in [7, 11) is 0. The molecule has 8 heteroatoms. The molecule has 28 heavy (non-hydrogen) atoms. The molecule has 1 aliphatic carbocycles. The molecule has 1 saturated carbocycles. The average Bonchev–Trinajstić information content (AvgIpc) is 3.17. The number of nitriles is 1. The van der Waals surface area contributed by atoms with Gasteiger partial charge in [-0.05, 0) is 43.9 Å². The second-order valence-electron chi connectivity index (χ2n) is 6.92. The van der Waals surface area contributed by atoms with E-state index in [4.69, 9.17) is 5.26 Å². The lowest BCUT2D eigenvalue weighted by atomic mass is 9.87. The van der Waals surface area contributed by atoms with E-state index >= 15 is 0 Å². The molecule has 4 rings (SSSR count). The monoisotopic (exact) mass is 374 g/mol. The van der Waals surface area contributed by atoms with Gasteiger partial charge in [0.1, 0.15) is 35.1 Å². The van der Waals surface area contributed by atoms with Crippen LogP contribution in [0.5, 0.6) is 0 Å². The van der Waals surface area contributed by atoms with E-state index in [0.29, 0.717) is 5.82 Å². The Bertz CT molecular complexity index is 1080. The number of carbonyl (C=O) groups excluding carboxylic acids is 2. The first-order valence-electron chi connectivity index (χ1n) is 9.15. The van der Waals surface area contributed by atoms with Crippen LogP contribution >= 0.6 is 0 Å². The van der Waals surface area contributed by atoms with Crippen LogP contribution < -0.4 is 5.32 Å². The van der Waals surface area contributed by atoms with Crippen LogP contribution in [0.2, 0.25) is 0 Å². The molecule has 1 N–H and O–H groups in total. The summed E-state index contributed by atoms with van der Waals surface area (Å²) in [4.78, 5) is 31.5. The fraction of sp³-hybridized carbons (Fsp3) is 0.300. The molecule has 0 aliphatic heterocycles. The predicted molar refractivity (Wildman–Crippen MR) is 101 cm³/mol. The summed E-state index contributed by atoms with van der Waals surface area (Å²) in [5.41, 5.74) is 1.09. The quantitative estimate of drug-likeness (QED) is 0.703. The van der Waals surface area contributed by atoms with Crippen molar-refractivity contribution in [3.05, 3.63) is 48.0 Å². The molecule has 0 radical (unpaired) electrons. The lowest BCUT2D eigenvalue weighted by Crippen LogP contribution is -2.19. The van der Waals surface area contributed by atoms with Gasteiger partial charge in [0, 0.05) is 17.5 Å². The van der Waals surface area contributed by atoms with Crippen LogP contribution in [-0.4, -0.2) is 31.9 Å². The highest BCUT2D eigenvalue weighted by atomic mass is 16.2. The lowest BCUT2D eigenvalue weighted by molar-refractivity contribution is -0.112. The first-order valence-corrected chi connectivity index (χ1v) is 9.15. The van der Waals surface area contributed by atoms with Crippen molar-refractivity contribution >= 4 is 28.9 Å². The second kappa shape index (κ2) is 7.56. The Balaban J connectivity index is 1.51. The fourth-order valence-electron chi connectivity index (χ4n) is 3.51. The minimum Gasteiger partial charge on any atom is -0.305 e. The van der Waals surface area contributed by atoms with Gasteiger partial charge in [0.2, 0.25) is 0 Å². The third-order valence-corrected chi connectivity index (χ3v) is 5.05. The molecule has 3 heterocycles. The Hall–Kier alpha value is -3.60. The molecule has 0 bridgehead atoms. The van der Waals surface area contributed by atoms with Gasteiger partial charge in [-0.25, -0.2) is 9.97 Å². The Labute approximate surface area is 161 Å². The molecule has 1 aliphatic rings. The number of hydrogen-bond acceptors (Lipinski definition) is 6. The molecule has 8 nitrogen and oxygen atoms in total. The number of aldehydes is 1. The molecule has 0 unspecified atom stereocenters. The third-order valence-electron chi connectivity index (χ3n) is 5.05. The number of nitrogens with one attached hydrogen (secondary N) is 1. The molecule has 1 fully saturated rings. The summed E-state index contributed by atoms with van der Waals surface area (Å²) in [6.07, 6.45) is 8.25. The summed E-state index contributed by atoms with van der Waals surface area (Å²) in [6, 6.07) is 8.65. The standard InChI is InChI=1S/C20H18N6O2/c21-9-15-2-1-3-17(23-15)20(28)24-19-8-14-11-26(25-18(14)10-22-19)16-6-4-13(12-27)5-7-16/h1-3,8,10-13,16H,4-7H2,(H,24,28). The topological polar surface area (TPSA) is 114 Å². The number of rotatable bonds is 4. The number of hydrogen-bond donors (Lipinski definition) is 1. The highest BCUT2D eigenvalue weighted by Crippen LogP contribution is 2.31. The third kappa shape index (κ3) is 3.60. The van der Waals surface area contributed by atoms with E-state index in [2.05, 4.69) is 20.4 Å². The number of carbonyl (C=O) groups is 2. The molecule has 1 amide bonds. The Morgan fingerprint density at radius 3 is 2.86 bits per heavy atom. The van der Waals surface area contributed by atoms with Crippen molar-refractivity contribution in [2.75, 3.05) is 5.32 Å². The van der Waals surface area contributed by atoms with Crippen molar-refractivity contribution in [2.24, 2.45) is 5.92 Å². The number of amides is 1. The molecule has 3 aromatic heterocycles. The van der Waals surface area contributed by atoms with Gasteiger partial charge in [0.25, 0.3) is 5.91 Å². The Kier molecular flexibility index (Phi) is 4.81. The van der Waals surface area contributed by atoms with E-state index < -0.39 is 5.91 Å². The van der Waals surface area contributed by atoms with Gasteiger partial charge in [-0.3, -0.25) is 9.48 Å². The van der Waals surface area contributed by atoms with E-state index in [0.717, 1.165) is 42.9 Å². The minimum atomic E-state index is -0.427. The lowest BCUT2D eigenvalue weighted by Gasteiger charge is -2.25. The highest BCUT2D eigenvalue weighted by molar-refractivity contribution is 6.03. The number of aromatic nitrogens is 4. The van der Waals surface area contributed by atoms with Crippen molar-refractivity contribution in [1.29, 1.82) is 5.26 Å². The zero-order chi connectivity index (χ0) is 19.5. The van der Waals surface area contributed by atoms with Crippen LogP contribution in [0.25, 0.3) is 10.9 Å². The maximum Gasteiger partial charge on any atom is 0.275 e. The van der Waals surface area contributed by atoms with E-state index in [1.165, 1.54) is 6.07 Å². The molecule has 0 spiro atoms. The van der Waals surface area contributed by atoms with Crippen LogP contribution in [0.15, 0.2) is 36.7 Å². The van der Waals surface area contributed by atoms with Gasteiger partial charge < -0.3 is 10.1 Å². The predicted octanol–water partition coefficient (Wildman–Crippen LogP) is 2.88. The minimum absolute atomic E-state index is 0.156. The van der Waals surface area contributed by atoms with Crippen LogP contribution in [0.4, 0.5) is 5.82 Å². The van der Waals surface area contributed by atoms with E-state index in [1.54, 1.807) is 24.4 Å². The smallest absolute Gasteiger partial charge is 0.275 e. The average molecular weight is 374 g/mol. The van der Waals surface area contributed by atoms with Gasteiger partial charge in [0.15, 0.2) is 0 Å². The molecule has 3 aromatic rings. The van der Waals surface area contributed by atoms with E-state index in [9.17, 15) is 9.59 Å². The van der Waals surface area contributed by atoms with Crippen LogP contribution in [0.1, 0.15) is 47.9 Å². The van der Waals surface area contributed by atoms with Crippen molar-refractivity contribution in [2.45, 2.75) is 31.7 Å². The van der Waals surface area contributed by atoms with Gasteiger partial charge in [0.05, 0.1) is 12.2 Å². The molecular formula is C20H18N6O2. The highest BCUT2D eigenvalue weighted by Gasteiger charge is 2.22. The molecule has 140 valence electrons. The summed E-state index contributed by atoms with van der Waals surface area (Å²) >= 11 is 0. The van der Waals surface area contributed by atoms with E-state index in [1.807, 2.05) is 16.9 Å². The van der Waals surface area contributed by atoms with Gasteiger partial charge >= 0.3 is 0 Å². The summed E-state index contributed by atoms with van der Waals surface area (Å²) in [6.45, 7) is 0. The largest absolute Gasteiger partial charge is 0.305 e. The van der Waals surface area contributed by atoms with Gasteiger partial charge in [-0.1, -0.05) is 6.07 Å². The number of anilines is 1. The molecule has 0 aromatic carbocycles. The maximum absolute atomic E-state index is 12.4. The molecular weight excluding hydrogens is 356 g/mol. The van der Waals surface area contributed by atoms with Crippen LogP contribution in [0, 0.1) is 17.2 Å². The zero-order valence-corrected chi connectivity index (χ0v) is 15.1. The van der Waals surface area contributed by atoms with Crippen LogP contribution in [-0.2, 0) is 4.79 Å². The number of nitrogens with zero attached hydrogens (tertiary/aromatic N) is 5. The fourth-order valence-corrected chi connectivity index (χ4v) is 3.51. The normalized spacial score (nSPS) is 19.1. The second-order valence-corrected chi connectivity index (χ2v) is 6.92. The number of fused-ring (bicyclic) bond motifs is 1. The van der Waals surface area contributed by atoms with Gasteiger partial charge in [-0.2, -0.15) is 10.4 Å². The first kappa shape index (κ1) is 17.8. The van der Waals surface area contributed by atoms with Crippen molar-refractivity contribution in [3.8, 4) is 6.07 Å². The molecule has 0 atom stereocenters. The first-order chi connectivity index (χ1) is 13.7. The Morgan fingerprint density at radius 1 is 1.29 bits per heavy atom. The SMILES string of the molecule is N#Cc1cccc(C(=O)Nc2cc3cn(C4CCC(C=O)CC4)nc3cn2)n1. The van der Waals surface area contributed by atoms with E-state index in [-0.39, 0.29) is 23.3 Å². The van der Waals surface area contributed by atoms with Crippen molar-refractivity contribution in [3.63, 3.8) is 0 Å². The van der Waals surface area contributed by atoms with Gasteiger partial charge in [-0.15, -0.1) is 0 Å². The van der Waals surface area contributed by atoms with Crippen molar-refractivity contribution < 1.29 is 9.59 Å². The number of pyridine rings is 2. The maximum atomic E-state index is 12.4. The zero-order valence-electron chi connectivity index (χ0n) is 15.1. The summed E-state index contributed by atoms with van der Waals surface area (Å²) in [5, 5.41) is 17.1. The Morgan fingerprint density at radius 2 is 2.11 bits per heavy atom. The summed E-state index contributed by atoms with van der Waals surface area (Å²) in [5.74, 6) is 0.132.